The monoisotopic (exact) mass is 344 g/mol. The van der Waals surface area contributed by atoms with Crippen molar-refractivity contribution < 1.29 is 0 Å². The summed E-state index contributed by atoms with van der Waals surface area (Å²) in [6.45, 7) is 8.40. The summed E-state index contributed by atoms with van der Waals surface area (Å²) >= 11 is 0. The minimum atomic E-state index is 0.273. The molecule has 132 valence electrons. The number of hydrogen-bond donors (Lipinski definition) is 0. The number of rotatable bonds is 4. The van der Waals surface area contributed by atoms with Crippen molar-refractivity contribution in [2.45, 2.75) is 26.9 Å². The number of nitrogens with zero attached hydrogens (tertiary/aromatic N) is 4. The van der Waals surface area contributed by atoms with E-state index in [4.69, 9.17) is 9.97 Å². The number of anilines is 2. The van der Waals surface area contributed by atoms with Crippen LogP contribution in [0.15, 0.2) is 60.7 Å². The van der Waals surface area contributed by atoms with E-state index in [0.29, 0.717) is 0 Å². The third-order valence-electron chi connectivity index (χ3n) is 5.08. The van der Waals surface area contributed by atoms with Crippen LogP contribution in [0.25, 0.3) is 22.5 Å². The van der Waals surface area contributed by atoms with Gasteiger partial charge in [0.25, 0.3) is 0 Å². The van der Waals surface area contributed by atoms with Gasteiger partial charge in [-0.1, -0.05) is 60.7 Å². The Labute approximate surface area is 155 Å². The lowest BCUT2D eigenvalue weighted by Crippen LogP contribution is -2.40. The Morgan fingerprint density at radius 1 is 0.692 bits per heavy atom. The average Bonchev–Trinajstić information content (AvgIpc) is 2.97. The van der Waals surface area contributed by atoms with Crippen LogP contribution < -0.4 is 9.80 Å². The first-order valence-corrected chi connectivity index (χ1v) is 9.30. The first-order valence-electron chi connectivity index (χ1n) is 9.30. The van der Waals surface area contributed by atoms with Gasteiger partial charge in [0.2, 0.25) is 0 Å². The fraction of sp³-hybridized carbons (Fsp3) is 0.273. The molecular weight excluding hydrogens is 320 g/mol. The standard InChI is InChI=1S/C22H24N4/c1-4-25-16(3)26(5-2)22-21(25)23-19(17-12-8-6-9-13-17)20(24-22)18-14-10-7-11-15-18/h6-16H,4-5H2,1-3H3. The van der Waals surface area contributed by atoms with Crippen molar-refractivity contribution in [1.82, 2.24) is 9.97 Å². The summed E-state index contributed by atoms with van der Waals surface area (Å²) in [5, 5.41) is 0. The molecule has 0 spiro atoms. The second-order valence-electron chi connectivity index (χ2n) is 6.50. The van der Waals surface area contributed by atoms with E-state index in [1.54, 1.807) is 0 Å². The van der Waals surface area contributed by atoms with Crippen LogP contribution in [-0.4, -0.2) is 29.2 Å². The molecular formula is C22H24N4. The third-order valence-corrected chi connectivity index (χ3v) is 5.08. The van der Waals surface area contributed by atoms with Gasteiger partial charge in [-0.3, -0.25) is 0 Å². The van der Waals surface area contributed by atoms with Crippen LogP contribution in [0.4, 0.5) is 11.6 Å². The third kappa shape index (κ3) is 2.62. The van der Waals surface area contributed by atoms with E-state index < -0.39 is 0 Å². The normalized spacial score (nSPS) is 14.0. The molecule has 0 amide bonds. The number of fused-ring (bicyclic) bond motifs is 1. The molecule has 0 saturated carbocycles. The van der Waals surface area contributed by atoms with Crippen LogP contribution in [0, 0.1) is 0 Å². The highest BCUT2D eigenvalue weighted by atomic mass is 15.5. The maximum Gasteiger partial charge on any atom is 0.174 e. The van der Waals surface area contributed by atoms with Gasteiger partial charge in [0, 0.05) is 24.2 Å². The van der Waals surface area contributed by atoms with Gasteiger partial charge in [0.1, 0.15) is 6.17 Å². The predicted molar refractivity (Wildman–Crippen MR) is 108 cm³/mol. The first kappa shape index (κ1) is 16.6. The fourth-order valence-electron chi connectivity index (χ4n) is 3.75. The SMILES string of the molecule is CCN1c2nc(-c3ccccc3)c(-c3ccccc3)nc2N(CC)C1C. The molecule has 0 bridgehead atoms. The van der Waals surface area contributed by atoms with Gasteiger partial charge in [0.05, 0.1) is 11.4 Å². The minimum Gasteiger partial charge on any atom is -0.334 e. The zero-order valence-electron chi connectivity index (χ0n) is 15.6. The molecule has 4 rings (SSSR count). The second kappa shape index (κ2) is 6.79. The molecule has 4 nitrogen and oxygen atoms in total. The van der Waals surface area contributed by atoms with Gasteiger partial charge in [0.15, 0.2) is 11.6 Å². The molecule has 3 aromatic rings. The van der Waals surface area contributed by atoms with E-state index in [2.05, 4.69) is 79.1 Å². The maximum absolute atomic E-state index is 5.12. The van der Waals surface area contributed by atoms with Gasteiger partial charge in [-0.05, 0) is 20.8 Å². The Bertz CT molecular complexity index is 818. The lowest BCUT2D eigenvalue weighted by molar-refractivity contribution is 0.638. The molecule has 0 atom stereocenters. The summed E-state index contributed by atoms with van der Waals surface area (Å²) in [6.07, 6.45) is 0.273. The topological polar surface area (TPSA) is 32.3 Å². The van der Waals surface area contributed by atoms with Gasteiger partial charge < -0.3 is 9.80 Å². The molecule has 2 heterocycles. The van der Waals surface area contributed by atoms with Gasteiger partial charge >= 0.3 is 0 Å². The number of benzene rings is 2. The smallest absolute Gasteiger partial charge is 0.174 e. The van der Waals surface area contributed by atoms with Gasteiger partial charge in [-0.25, -0.2) is 9.97 Å². The van der Waals surface area contributed by atoms with Crippen molar-refractivity contribution in [1.29, 1.82) is 0 Å². The van der Waals surface area contributed by atoms with Gasteiger partial charge in [-0.15, -0.1) is 0 Å². The van der Waals surface area contributed by atoms with Crippen molar-refractivity contribution in [3.63, 3.8) is 0 Å². The summed E-state index contributed by atoms with van der Waals surface area (Å²) < 4.78 is 0. The van der Waals surface area contributed by atoms with Crippen molar-refractivity contribution in [3.8, 4) is 22.5 Å². The van der Waals surface area contributed by atoms with Crippen LogP contribution in [0.3, 0.4) is 0 Å². The molecule has 2 aromatic carbocycles. The van der Waals surface area contributed by atoms with E-state index in [0.717, 1.165) is 47.2 Å². The molecule has 0 unspecified atom stereocenters. The average molecular weight is 344 g/mol. The Morgan fingerprint density at radius 2 is 1.08 bits per heavy atom. The predicted octanol–water partition coefficient (Wildman–Crippen LogP) is 4.82. The van der Waals surface area contributed by atoms with Crippen molar-refractivity contribution in [2.75, 3.05) is 22.9 Å². The molecule has 1 aromatic heterocycles. The summed E-state index contributed by atoms with van der Waals surface area (Å²) in [5.41, 5.74) is 4.08. The second-order valence-corrected chi connectivity index (χ2v) is 6.50. The number of hydrogen-bond acceptors (Lipinski definition) is 4. The Kier molecular flexibility index (Phi) is 4.33. The Morgan fingerprint density at radius 3 is 1.42 bits per heavy atom. The summed E-state index contributed by atoms with van der Waals surface area (Å²) in [7, 11) is 0. The molecule has 0 saturated heterocycles. The molecule has 1 aliphatic heterocycles. The van der Waals surface area contributed by atoms with E-state index in [-0.39, 0.29) is 6.17 Å². The van der Waals surface area contributed by atoms with E-state index in [1.807, 2.05) is 12.1 Å². The van der Waals surface area contributed by atoms with Gasteiger partial charge in [-0.2, -0.15) is 0 Å². The molecule has 0 radical (unpaired) electrons. The minimum absolute atomic E-state index is 0.273. The molecule has 26 heavy (non-hydrogen) atoms. The van der Waals surface area contributed by atoms with Crippen LogP contribution >= 0.6 is 0 Å². The van der Waals surface area contributed by atoms with Crippen LogP contribution in [-0.2, 0) is 0 Å². The molecule has 1 aliphatic rings. The Balaban J connectivity index is 1.98. The maximum atomic E-state index is 5.12. The summed E-state index contributed by atoms with van der Waals surface area (Å²) in [4.78, 5) is 14.9. The van der Waals surface area contributed by atoms with Crippen molar-refractivity contribution in [3.05, 3.63) is 60.7 Å². The zero-order chi connectivity index (χ0) is 18.1. The zero-order valence-corrected chi connectivity index (χ0v) is 15.6. The quantitative estimate of drug-likeness (QED) is 0.679. The number of aromatic nitrogens is 2. The summed E-state index contributed by atoms with van der Waals surface area (Å²) in [5.74, 6) is 1.97. The van der Waals surface area contributed by atoms with E-state index in [1.165, 1.54) is 0 Å². The highest BCUT2D eigenvalue weighted by Crippen LogP contribution is 2.41. The van der Waals surface area contributed by atoms with Crippen molar-refractivity contribution >= 4 is 11.6 Å². The van der Waals surface area contributed by atoms with Crippen LogP contribution in [0.1, 0.15) is 20.8 Å². The molecule has 0 fully saturated rings. The van der Waals surface area contributed by atoms with E-state index >= 15 is 0 Å². The molecule has 0 aliphatic carbocycles. The van der Waals surface area contributed by atoms with E-state index in [9.17, 15) is 0 Å². The van der Waals surface area contributed by atoms with Crippen LogP contribution in [0.5, 0.6) is 0 Å². The molecule has 0 N–H and O–H groups in total. The van der Waals surface area contributed by atoms with Crippen molar-refractivity contribution in [2.24, 2.45) is 0 Å². The summed E-state index contributed by atoms with van der Waals surface area (Å²) in [6, 6.07) is 20.7. The highest BCUT2D eigenvalue weighted by molar-refractivity contribution is 5.83. The largest absolute Gasteiger partial charge is 0.334 e. The Hall–Kier alpha value is -2.88. The fourth-order valence-corrected chi connectivity index (χ4v) is 3.75. The lowest BCUT2D eigenvalue weighted by Gasteiger charge is -2.27. The lowest BCUT2D eigenvalue weighted by atomic mass is 10.0. The molecule has 4 heteroatoms. The van der Waals surface area contributed by atoms with Crippen LogP contribution in [0.2, 0.25) is 0 Å². The first-order chi connectivity index (χ1) is 12.7. The highest BCUT2D eigenvalue weighted by Gasteiger charge is 2.35.